The summed E-state index contributed by atoms with van der Waals surface area (Å²) in [4.78, 5) is 10.8. The minimum absolute atomic E-state index is 0.258. The Bertz CT molecular complexity index is 522. The Balaban J connectivity index is 2.40. The van der Waals surface area contributed by atoms with Crippen molar-refractivity contribution >= 4 is 21.9 Å². The molecule has 0 saturated carbocycles. The summed E-state index contributed by atoms with van der Waals surface area (Å²) in [5, 5.41) is 13.8. The van der Waals surface area contributed by atoms with Gasteiger partial charge in [0, 0.05) is 11.5 Å². The van der Waals surface area contributed by atoms with E-state index in [1.165, 1.54) is 0 Å². The number of nitrogens with zero attached hydrogens (tertiary/aromatic N) is 2. The summed E-state index contributed by atoms with van der Waals surface area (Å²) in [6.45, 7) is 0. The van der Waals surface area contributed by atoms with Gasteiger partial charge in [0.1, 0.15) is 0 Å². The number of carboxylic acid groups (broad SMARTS) is 1. The van der Waals surface area contributed by atoms with Gasteiger partial charge in [-0.1, -0.05) is 22.0 Å². The molecule has 0 aliphatic carbocycles. The molecular formula is C11H9BrN2O2. The van der Waals surface area contributed by atoms with E-state index in [1.807, 2.05) is 12.1 Å². The van der Waals surface area contributed by atoms with Crippen molar-refractivity contribution in [2.75, 3.05) is 0 Å². The molecule has 16 heavy (non-hydrogen) atoms. The second-order valence-corrected chi connectivity index (χ2v) is 3.80. The van der Waals surface area contributed by atoms with Crippen molar-refractivity contribution in [3.05, 3.63) is 47.8 Å². The van der Waals surface area contributed by atoms with E-state index in [4.69, 9.17) is 5.11 Å². The third kappa shape index (κ3) is 2.14. The van der Waals surface area contributed by atoms with Gasteiger partial charge in [0.25, 0.3) is 0 Å². The van der Waals surface area contributed by atoms with Crippen LogP contribution in [0.1, 0.15) is 16.1 Å². The lowest BCUT2D eigenvalue weighted by molar-refractivity contribution is 0.0697. The van der Waals surface area contributed by atoms with Crippen LogP contribution in [0.4, 0.5) is 0 Å². The molecule has 0 spiro atoms. The van der Waals surface area contributed by atoms with Crippen LogP contribution in [0.3, 0.4) is 0 Å². The number of halogens is 1. The molecule has 5 heteroatoms. The Hall–Kier alpha value is -1.62. The Kier molecular flexibility index (Phi) is 3.05. The van der Waals surface area contributed by atoms with Crippen LogP contribution in [0.15, 0.2) is 36.5 Å². The smallest absolute Gasteiger partial charge is 0.335 e. The van der Waals surface area contributed by atoms with E-state index in [2.05, 4.69) is 21.0 Å². The van der Waals surface area contributed by atoms with Gasteiger partial charge in [0.05, 0.1) is 16.9 Å². The van der Waals surface area contributed by atoms with Gasteiger partial charge in [-0.05, 0) is 24.3 Å². The monoisotopic (exact) mass is 280 g/mol. The van der Waals surface area contributed by atoms with Crippen LogP contribution in [0.5, 0.6) is 0 Å². The molecule has 0 bridgehead atoms. The molecule has 0 fully saturated rings. The third-order valence-electron chi connectivity index (χ3n) is 2.14. The predicted molar refractivity (Wildman–Crippen MR) is 63.2 cm³/mol. The number of rotatable bonds is 3. The van der Waals surface area contributed by atoms with Crippen LogP contribution < -0.4 is 0 Å². The van der Waals surface area contributed by atoms with Crippen molar-refractivity contribution in [1.82, 2.24) is 9.78 Å². The summed E-state index contributed by atoms with van der Waals surface area (Å²) < 4.78 is 1.66. The van der Waals surface area contributed by atoms with E-state index in [0.717, 1.165) is 11.4 Å². The van der Waals surface area contributed by atoms with E-state index >= 15 is 0 Å². The van der Waals surface area contributed by atoms with E-state index < -0.39 is 5.97 Å². The Morgan fingerprint density at radius 3 is 2.88 bits per heavy atom. The standard InChI is InChI=1S/C11H9BrN2O2/c12-7-9-4-5-14(13-9)10-3-1-2-8(6-10)11(15)16/h1-6H,7H2,(H,15,16). The van der Waals surface area contributed by atoms with Crippen LogP contribution in [0.2, 0.25) is 0 Å². The molecule has 0 unspecified atom stereocenters. The van der Waals surface area contributed by atoms with Gasteiger partial charge < -0.3 is 5.11 Å². The van der Waals surface area contributed by atoms with Gasteiger partial charge in [-0.2, -0.15) is 5.10 Å². The molecule has 1 heterocycles. The molecule has 0 amide bonds. The van der Waals surface area contributed by atoms with E-state index in [0.29, 0.717) is 5.33 Å². The highest BCUT2D eigenvalue weighted by Gasteiger charge is 2.05. The summed E-state index contributed by atoms with van der Waals surface area (Å²) in [5.41, 5.74) is 1.90. The molecule has 1 aromatic carbocycles. The number of hydrogen-bond donors (Lipinski definition) is 1. The molecular weight excluding hydrogens is 272 g/mol. The van der Waals surface area contributed by atoms with Gasteiger partial charge in [-0.15, -0.1) is 0 Å². The van der Waals surface area contributed by atoms with Crippen molar-refractivity contribution in [3.8, 4) is 5.69 Å². The van der Waals surface area contributed by atoms with Crippen molar-refractivity contribution in [3.63, 3.8) is 0 Å². The van der Waals surface area contributed by atoms with Crippen LogP contribution in [-0.4, -0.2) is 20.9 Å². The molecule has 1 aromatic heterocycles. The highest BCUT2D eigenvalue weighted by Crippen LogP contribution is 2.11. The van der Waals surface area contributed by atoms with Gasteiger partial charge >= 0.3 is 5.97 Å². The summed E-state index contributed by atoms with van der Waals surface area (Å²) in [7, 11) is 0. The normalized spacial score (nSPS) is 10.3. The lowest BCUT2D eigenvalue weighted by atomic mass is 10.2. The van der Waals surface area contributed by atoms with E-state index in [1.54, 1.807) is 29.1 Å². The van der Waals surface area contributed by atoms with Crippen LogP contribution in [0, 0.1) is 0 Å². The Morgan fingerprint density at radius 1 is 1.44 bits per heavy atom. The second-order valence-electron chi connectivity index (χ2n) is 3.24. The minimum atomic E-state index is -0.935. The number of carboxylic acids is 1. The average Bonchev–Trinajstić information content (AvgIpc) is 2.77. The van der Waals surface area contributed by atoms with Gasteiger partial charge in [0.2, 0.25) is 0 Å². The second kappa shape index (κ2) is 4.49. The maximum atomic E-state index is 10.8. The predicted octanol–water partition coefficient (Wildman–Crippen LogP) is 2.47. The Labute approximate surface area is 101 Å². The van der Waals surface area contributed by atoms with Crippen LogP contribution in [0.25, 0.3) is 5.69 Å². The SMILES string of the molecule is O=C(O)c1cccc(-n2ccc(CBr)n2)c1. The largest absolute Gasteiger partial charge is 0.478 e. The first-order valence-corrected chi connectivity index (χ1v) is 5.77. The fraction of sp³-hybridized carbons (Fsp3) is 0.0909. The van der Waals surface area contributed by atoms with Gasteiger partial charge in [0.15, 0.2) is 0 Å². The minimum Gasteiger partial charge on any atom is -0.478 e. The average molecular weight is 281 g/mol. The van der Waals surface area contributed by atoms with E-state index in [-0.39, 0.29) is 5.56 Å². The first kappa shape index (κ1) is 10.9. The van der Waals surface area contributed by atoms with Crippen molar-refractivity contribution in [2.24, 2.45) is 0 Å². The molecule has 0 saturated heterocycles. The Morgan fingerprint density at radius 2 is 2.25 bits per heavy atom. The third-order valence-corrected chi connectivity index (χ3v) is 2.71. The first-order chi connectivity index (χ1) is 7.70. The number of alkyl halides is 1. The first-order valence-electron chi connectivity index (χ1n) is 4.65. The maximum absolute atomic E-state index is 10.8. The summed E-state index contributed by atoms with van der Waals surface area (Å²) in [5.74, 6) is -0.935. The number of carbonyl (C=O) groups is 1. The van der Waals surface area contributed by atoms with Crippen molar-refractivity contribution < 1.29 is 9.90 Å². The molecule has 4 nitrogen and oxygen atoms in total. The summed E-state index contributed by atoms with van der Waals surface area (Å²) in [6, 6.07) is 8.54. The van der Waals surface area contributed by atoms with Crippen LogP contribution >= 0.6 is 15.9 Å². The topological polar surface area (TPSA) is 55.1 Å². The molecule has 0 aliphatic rings. The van der Waals surface area contributed by atoms with Crippen molar-refractivity contribution in [1.29, 1.82) is 0 Å². The summed E-state index contributed by atoms with van der Waals surface area (Å²) >= 11 is 3.31. The fourth-order valence-corrected chi connectivity index (χ4v) is 1.66. The van der Waals surface area contributed by atoms with Crippen molar-refractivity contribution in [2.45, 2.75) is 5.33 Å². The zero-order valence-electron chi connectivity index (χ0n) is 8.30. The highest BCUT2D eigenvalue weighted by atomic mass is 79.9. The van der Waals surface area contributed by atoms with Crippen LogP contribution in [-0.2, 0) is 5.33 Å². The number of aromatic carboxylic acids is 1. The highest BCUT2D eigenvalue weighted by molar-refractivity contribution is 9.08. The van der Waals surface area contributed by atoms with Gasteiger partial charge in [-0.25, -0.2) is 9.48 Å². The number of hydrogen-bond acceptors (Lipinski definition) is 2. The summed E-state index contributed by atoms with van der Waals surface area (Å²) in [6.07, 6.45) is 1.80. The molecule has 2 rings (SSSR count). The molecule has 0 atom stereocenters. The molecule has 0 radical (unpaired) electrons. The number of benzene rings is 1. The quantitative estimate of drug-likeness (QED) is 0.879. The zero-order valence-corrected chi connectivity index (χ0v) is 9.89. The van der Waals surface area contributed by atoms with E-state index in [9.17, 15) is 4.79 Å². The molecule has 0 aliphatic heterocycles. The zero-order chi connectivity index (χ0) is 11.5. The molecule has 82 valence electrons. The van der Waals surface area contributed by atoms with Gasteiger partial charge in [-0.3, -0.25) is 0 Å². The maximum Gasteiger partial charge on any atom is 0.335 e. The number of aromatic nitrogens is 2. The molecule has 2 aromatic rings. The lowest BCUT2D eigenvalue weighted by Gasteiger charge is -2.02. The fourth-order valence-electron chi connectivity index (χ4n) is 1.36. The molecule has 1 N–H and O–H groups in total. The lowest BCUT2D eigenvalue weighted by Crippen LogP contribution is -2.00.